The van der Waals surface area contributed by atoms with Crippen LogP contribution in [0.15, 0.2) is 0 Å². The molecule has 0 aromatic rings. The number of hydrogen-bond acceptors (Lipinski definition) is 3. The van der Waals surface area contributed by atoms with Crippen molar-refractivity contribution in [1.29, 1.82) is 0 Å². The maximum atomic E-state index is 10.7. The first-order valence-electron chi connectivity index (χ1n) is 6.31. The maximum absolute atomic E-state index is 10.7. The summed E-state index contributed by atoms with van der Waals surface area (Å²) in [7, 11) is 1.98. The molecule has 1 rings (SSSR count). The van der Waals surface area contributed by atoms with E-state index in [2.05, 4.69) is 17.5 Å². The fourth-order valence-corrected chi connectivity index (χ4v) is 2.45. The highest BCUT2D eigenvalue weighted by molar-refractivity contribution is 7.96. The average Bonchev–Trinajstić information content (AvgIpc) is 2.25. The lowest BCUT2D eigenvalue weighted by molar-refractivity contribution is -0.111. The second kappa shape index (κ2) is 8.09. The highest BCUT2D eigenvalue weighted by atomic mass is 32.1. The van der Waals surface area contributed by atoms with E-state index >= 15 is 0 Å². The summed E-state index contributed by atoms with van der Waals surface area (Å²) in [4.78, 5) is 15.4. The Morgan fingerprint density at radius 3 is 2.56 bits per heavy atom. The molecule has 0 spiro atoms. The maximum Gasteiger partial charge on any atom is 0.199 e. The molecule has 1 saturated heterocycles. The normalized spacial score (nSPS) is 17.9. The van der Waals surface area contributed by atoms with Crippen LogP contribution in [-0.2, 0) is 4.79 Å². The van der Waals surface area contributed by atoms with E-state index in [0.717, 1.165) is 6.54 Å². The van der Waals surface area contributed by atoms with Gasteiger partial charge >= 0.3 is 0 Å². The Hall–Kier alpha value is -0.0600. The zero-order valence-corrected chi connectivity index (χ0v) is 11.2. The first-order valence-corrected chi connectivity index (χ1v) is 6.76. The molecule has 4 heteroatoms. The molecular weight excluding hydrogens is 220 g/mol. The number of thiol groups is 1. The Morgan fingerprint density at radius 1 is 1.25 bits per heavy atom. The number of carbonyl (C=O) groups is 1. The van der Waals surface area contributed by atoms with Crippen molar-refractivity contribution < 1.29 is 4.79 Å². The van der Waals surface area contributed by atoms with Crippen molar-refractivity contribution in [3.05, 3.63) is 0 Å². The molecule has 94 valence electrons. The minimum atomic E-state index is -0.0430. The van der Waals surface area contributed by atoms with Crippen molar-refractivity contribution in [3.8, 4) is 0 Å². The van der Waals surface area contributed by atoms with E-state index in [1.54, 1.807) is 0 Å². The van der Waals surface area contributed by atoms with Gasteiger partial charge in [-0.2, -0.15) is 0 Å². The van der Waals surface area contributed by atoms with Gasteiger partial charge in [-0.05, 0) is 58.9 Å². The first-order chi connectivity index (χ1) is 7.68. The molecule has 16 heavy (non-hydrogen) atoms. The SMILES string of the molecule is CN(CCCCN1CCCCC1)CC(=O)S. The van der Waals surface area contributed by atoms with Crippen LogP contribution in [0.1, 0.15) is 32.1 Å². The van der Waals surface area contributed by atoms with E-state index in [9.17, 15) is 4.79 Å². The quantitative estimate of drug-likeness (QED) is 0.544. The summed E-state index contributed by atoms with van der Waals surface area (Å²) in [5.41, 5.74) is 0. The van der Waals surface area contributed by atoms with E-state index in [1.165, 1.54) is 51.7 Å². The van der Waals surface area contributed by atoms with E-state index in [0.29, 0.717) is 6.54 Å². The van der Waals surface area contributed by atoms with Gasteiger partial charge in [0.15, 0.2) is 5.12 Å². The predicted octanol–water partition coefficient (Wildman–Crippen LogP) is 1.64. The lowest BCUT2D eigenvalue weighted by Gasteiger charge is -2.26. The third kappa shape index (κ3) is 6.51. The largest absolute Gasteiger partial charge is 0.303 e. The van der Waals surface area contributed by atoms with Crippen LogP contribution < -0.4 is 0 Å². The molecule has 1 heterocycles. The van der Waals surface area contributed by atoms with Gasteiger partial charge in [0.1, 0.15) is 0 Å². The summed E-state index contributed by atoms with van der Waals surface area (Å²) >= 11 is 3.78. The molecule has 3 nitrogen and oxygen atoms in total. The van der Waals surface area contributed by atoms with Gasteiger partial charge in [-0.25, -0.2) is 0 Å². The van der Waals surface area contributed by atoms with Gasteiger partial charge in [-0.1, -0.05) is 6.42 Å². The molecule has 0 aromatic heterocycles. The van der Waals surface area contributed by atoms with Crippen LogP contribution in [0.25, 0.3) is 0 Å². The number of nitrogens with zero attached hydrogens (tertiary/aromatic N) is 2. The average molecular weight is 244 g/mol. The Labute approximate surface area is 105 Å². The monoisotopic (exact) mass is 244 g/mol. The van der Waals surface area contributed by atoms with Gasteiger partial charge in [0.05, 0.1) is 6.54 Å². The Bertz CT molecular complexity index is 205. The van der Waals surface area contributed by atoms with Crippen molar-refractivity contribution >= 4 is 17.7 Å². The Morgan fingerprint density at radius 2 is 1.94 bits per heavy atom. The van der Waals surface area contributed by atoms with Crippen molar-refractivity contribution in [2.24, 2.45) is 0 Å². The highest BCUT2D eigenvalue weighted by Crippen LogP contribution is 2.09. The number of piperidine rings is 1. The second-order valence-corrected chi connectivity index (χ2v) is 5.24. The van der Waals surface area contributed by atoms with Gasteiger partial charge < -0.3 is 4.90 Å². The van der Waals surface area contributed by atoms with E-state index in [-0.39, 0.29) is 5.12 Å². The van der Waals surface area contributed by atoms with Crippen LogP contribution in [0.5, 0.6) is 0 Å². The number of carbonyl (C=O) groups excluding carboxylic acids is 1. The van der Waals surface area contributed by atoms with Crippen LogP contribution in [0.4, 0.5) is 0 Å². The molecule has 0 aromatic carbocycles. The molecule has 0 unspecified atom stereocenters. The highest BCUT2D eigenvalue weighted by Gasteiger charge is 2.09. The zero-order valence-electron chi connectivity index (χ0n) is 10.3. The van der Waals surface area contributed by atoms with Crippen molar-refractivity contribution in [2.75, 3.05) is 39.8 Å². The van der Waals surface area contributed by atoms with Gasteiger partial charge in [-0.3, -0.25) is 9.69 Å². The Balaban J connectivity index is 1.96. The van der Waals surface area contributed by atoms with Crippen LogP contribution >= 0.6 is 12.6 Å². The number of unbranched alkanes of at least 4 members (excludes halogenated alkanes) is 1. The van der Waals surface area contributed by atoms with E-state index in [4.69, 9.17) is 0 Å². The molecule has 0 N–H and O–H groups in total. The molecular formula is C12H24N2OS. The lowest BCUT2D eigenvalue weighted by Crippen LogP contribution is -2.31. The van der Waals surface area contributed by atoms with Gasteiger partial charge in [-0.15, -0.1) is 12.6 Å². The summed E-state index contributed by atoms with van der Waals surface area (Å²) in [6.45, 7) is 5.26. The summed E-state index contributed by atoms with van der Waals surface area (Å²) in [6.07, 6.45) is 6.56. The van der Waals surface area contributed by atoms with Gasteiger partial charge in [0.25, 0.3) is 0 Å². The van der Waals surface area contributed by atoms with Crippen LogP contribution in [-0.4, -0.2) is 54.7 Å². The van der Waals surface area contributed by atoms with Crippen LogP contribution in [0.3, 0.4) is 0 Å². The second-order valence-electron chi connectivity index (χ2n) is 4.74. The van der Waals surface area contributed by atoms with Gasteiger partial charge in [0.2, 0.25) is 0 Å². The molecule has 0 saturated carbocycles. The van der Waals surface area contributed by atoms with Crippen LogP contribution in [0.2, 0.25) is 0 Å². The summed E-state index contributed by atoms with van der Waals surface area (Å²) in [5.74, 6) is 0. The lowest BCUT2D eigenvalue weighted by atomic mass is 10.1. The topological polar surface area (TPSA) is 23.6 Å². The molecule has 1 aliphatic rings. The van der Waals surface area contributed by atoms with E-state index in [1.807, 2.05) is 11.9 Å². The predicted molar refractivity (Wildman–Crippen MR) is 71.0 cm³/mol. The fraction of sp³-hybridized carbons (Fsp3) is 0.917. The first kappa shape index (κ1) is 14.0. The minimum Gasteiger partial charge on any atom is -0.303 e. The number of rotatable bonds is 7. The molecule has 0 aliphatic carbocycles. The molecule has 1 aliphatic heterocycles. The molecule has 1 fully saturated rings. The van der Waals surface area contributed by atoms with E-state index < -0.39 is 0 Å². The van der Waals surface area contributed by atoms with Gasteiger partial charge in [0, 0.05) is 0 Å². The molecule has 0 amide bonds. The third-order valence-corrected chi connectivity index (χ3v) is 3.26. The minimum absolute atomic E-state index is 0.0430. The van der Waals surface area contributed by atoms with Crippen molar-refractivity contribution in [3.63, 3.8) is 0 Å². The Kier molecular flexibility index (Phi) is 7.08. The molecule has 0 radical (unpaired) electrons. The smallest absolute Gasteiger partial charge is 0.199 e. The summed E-state index contributed by atoms with van der Waals surface area (Å²) < 4.78 is 0. The van der Waals surface area contributed by atoms with Crippen molar-refractivity contribution in [1.82, 2.24) is 9.80 Å². The summed E-state index contributed by atoms with van der Waals surface area (Å²) in [6, 6.07) is 0. The van der Waals surface area contributed by atoms with Crippen molar-refractivity contribution in [2.45, 2.75) is 32.1 Å². The summed E-state index contributed by atoms with van der Waals surface area (Å²) in [5, 5.41) is -0.0430. The third-order valence-electron chi connectivity index (χ3n) is 3.12. The zero-order chi connectivity index (χ0) is 11.8. The fourth-order valence-electron chi connectivity index (χ4n) is 2.21. The number of likely N-dealkylation sites (tertiary alicyclic amines) is 1. The number of likely N-dealkylation sites (N-methyl/N-ethyl adjacent to an activating group) is 1. The standard InChI is InChI=1S/C12H24N2OS/c1-13(11-12(15)16)7-5-6-10-14-8-3-2-4-9-14/h2-11H2,1H3,(H,15,16). The number of hydrogen-bond donors (Lipinski definition) is 1. The molecule has 0 atom stereocenters. The molecule has 0 bridgehead atoms. The van der Waals surface area contributed by atoms with Crippen LogP contribution in [0, 0.1) is 0 Å².